The zero-order chi connectivity index (χ0) is 30.8. The summed E-state index contributed by atoms with van der Waals surface area (Å²) in [6.07, 6.45) is 0. The van der Waals surface area contributed by atoms with Crippen LogP contribution in [0.1, 0.15) is 5.56 Å². The SMILES string of the molecule is [CH+]=CS(=O)(=O)c1ccc(N=Nc2c(S(=O)(=O)O)cc3ccc(N=Nc4ccc(C(=C)S(=O)O)cc4)c(N)c3c2O)cc1. The van der Waals surface area contributed by atoms with Crippen LogP contribution in [0.4, 0.5) is 28.4 Å². The van der Waals surface area contributed by atoms with Gasteiger partial charge in [0.05, 0.1) is 32.2 Å². The Kier molecular flexibility index (Phi) is 8.40. The molecule has 0 aliphatic rings. The van der Waals surface area contributed by atoms with E-state index >= 15 is 0 Å². The van der Waals surface area contributed by atoms with Gasteiger partial charge in [0.1, 0.15) is 16.3 Å². The molecule has 4 rings (SSSR count). The van der Waals surface area contributed by atoms with E-state index in [9.17, 15) is 30.7 Å². The van der Waals surface area contributed by atoms with Crippen molar-refractivity contribution in [1.29, 1.82) is 0 Å². The predicted molar refractivity (Wildman–Crippen MR) is 157 cm³/mol. The zero-order valence-electron chi connectivity index (χ0n) is 21.2. The number of azo groups is 2. The van der Waals surface area contributed by atoms with Crippen LogP contribution in [0.25, 0.3) is 15.7 Å². The topological polar surface area (TPSA) is 221 Å². The van der Waals surface area contributed by atoms with Crippen molar-refractivity contribution < 1.29 is 35.3 Å². The molecule has 4 aromatic carbocycles. The van der Waals surface area contributed by atoms with Crippen molar-refractivity contribution in [3.8, 4) is 5.75 Å². The van der Waals surface area contributed by atoms with Gasteiger partial charge in [0.15, 0.2) is 16.8 Å². The van der Waals surface area contributed by atoms with Crippen LogP contribution in [0.5, 0.6) is 5.75 Å². The van der Waals surface area contributed by atoms with Gasteiger partial charge in [-0.1, -0.05) is 24.8 Å². The first-order valence-electron chi connectivity index (χ1n) is 11.4. The number of phenolic OH excluding ortho intramolecular Hbond substituents is 1. The molecule has 0 aliphatic heterocycles. The normalized spacial score (nSPS) is 13.1. The van der Waals surface area contributed by atoms with Gasteiger partial charge in [-0.25, -0.2) is 12.6 Å². The molecular formula is C26H20N5O8S3+. The average molecular weight is 627 g/mol. The fourth-order valence-corrected chi connectivity index (χ4v) is 5.32. The zero-order valence-corrected chi connectivity index (χ0v) is 23.6. The van der Waals surface area contributed by atoms with E-state index in [1.807, 2.05) is 0 Å². The lowest BCUT2D eigenvalue weighted by molar-refractivity contribution is 0.472. The molecule has 16 heteroatoms. The van der Waals surface area contributed by atoms with Crippen LogP contribution in [-0.4, -0.2) is 35.3 Å². The van der Waals surface area contributed by atoms with Crippen molar-refractivity contribution in [3.63, 3.8) is 0 Å². The Morgan fingerprint density at radius 1 is 0.905 bits per heavy atom. The third-order valence-electron chi connectivity index (χ3n) is 5.80. The summed E-state index contributed by atoms with van der Waals surface area (Å²) in [4.78, 5) is -0.860. The van der Waals surface area contributed by atoms with Gasteiger partial charge in [-0.2, -0.15) is 18.6 Å². The maximum atomic E-state index is 12.1. The standard InChI is InChI=1S/C26H19N5O8S3/c1-3-41(35,36)20-11-9-19(10-12-20)29-31-25-22(42(37,38)39)14-17-6-13-21(24(27)23(17)26(25)32)30-28-18-7-4-16(5-8-18)15(2)40(33)34/h1,3-14H,2H2,(H4-,27,28,29,32,33,34,37,38,39)/p+1. The van der Waals surface area contributed by atoms with Crippen molar-refractivity contribution in [2.75, 3.05) is 5.73 Å². The second-order valence-corrected chi connectivity index (χ2v) is 12.7. The van der Waals surface area contributed by atoms with Gasteiger partial charge < -0.3 is 15.4 Å². The summed E-state index contributed by atoms with van der Waals surface area (Å²) >= 11 is -2.23. The van der Waals surface area contributed by atoms with E-state index in [-0.39, 0.29) is 37.6 Å². The van der Waals surface area contributed by atoms with Gasteiger partial charge in [-0.15, -0.1) is 10.2 Å². The highest BCUT2D eigenvalue weighted by molar-refractivity contribution is 7.94. The highest BCUT2D eigenvalue weighted by Gasteiger charge is 2.24. The maximum Gasteiger partial charge on any atom is 0.296 e. The maximum absolute atomic E-state index is 12.1. The molecule has 1 unspecified atom stereocenters. The Hall–Kier alpha value is -4.70. The number of nitrogen functional groups attached to an aromatic ring is 1. The van der Waals surface area contributed by atoms with Gasteiger partial charge in [0.2, 0.25) is 16.4 Å². The molecule has 214 valence electrons. The molecule has 0 amide bonds. The first-order chi connectivity index (χ1) is 19.7. The lowest BCUT2D eigenvalue weighted by atomic mass is 10.1. The van der Waals surface area contributed by atoms with Crippen LogP contribution in [0.2, 0.25) is 0 Å². The van der Waals surface area contributed by atoms with Gasteiger partial charge in [0, 0.05) is 0 Å². The van der Waals surface area contributed by atoms with Gasteiger partial charge in [0.25, 0.3) is 15.5 Å². The van der Waals surface area contributed by atoms with Crippen molar-refractivity contribution >= 4 is 75.2 Å². The van der Waals surface area contributed by atoms with Crippen LogP contribution in [0, 0.1) is 6.58 Å². The Bertz CT molecular complexity index is 2040. The molecule has 4 aromatic rings. The summed E-state index contributed by atoms with van der Waals surface area (Å²) in [6, 6.07) is 14.9. The van der Waals surface area contributed by atoms with Gasteiger partial charge in [-0.3, -0.25) is 4.55 Å². The van der Waals surface area contributed by atoms with Crippen LogP contribution in [-0.2, 0) is 31.0 Å². The highest BCUT2D eigenvalue weighted by atomic mass is 32.2. The molecule has 5 N–H and O–H groups in total. The first kappa shape index (κ1) is 30.3. The van der Waals surface area contributed by atoms with E-state index in [2.05, 4.69) is 27.0 Å². The van der Waals surface area contributed by atoms with E-state index in [4.69, 9.17) is 16.9 Å². The Labute approximate surface area is 242 Å². The van der Waals surface area contributed by atoms with Crippen molar-refractivity contribution in [2.24, 2.45) is 20.5 Å². The third-order valence-corrected chi connectivity index (χ3v) is 8.61. The fraction of sp³-hybridized carbons (Fsp3) is 0. The number of nitrogens with zero attached hydrogens (tertiary/aromatic N) is 4. The summed E-state index contributed by atoms with van der Waals surface area (Å²) in [5.41, 5.74) is 6.49. The van der Waals surface area contributed by atoms with Crippen molar-refractivity contribution in [1.82, 2.24) is 0 Å². The summed E-state index contributed by atoms with van der Waals surface area (Å²) in [6.45, 7) is 8.65. The Morgan fingerprint density at radius 3 is 2.02 bits per heavy atom. The van der Waals surface area contributed by atoms with Gasteiger partial charge >= 0.3 is 0 Å². The number of sulfone groups is 1. The molecule has 0 saturated heterocycles. The Morgan fingerprint density at radius 2 is 1.48 bits per heavy atom. The lowest BCUT2D eigenvalue weighted by Crippen LogP contribution is -2.00. The van der Waals surface area contributed by atoms with Crippen LogP contribution < -0.4 is 5.73 Å². The first-order valence-corrected chi connectivity index (χ1v) is 15.5. The monoisotopic (exact) mass is 626 g/mol. The summed E-state index contributed by atoms with van der Waals surface area (Å²) in [5.74, 6) is -0.727. The Balaban J connectivity index is 1.76. The summed E-state index contributed by atoms with van der Waals surface area (Å²) < 4.78 is 78.1. The smallest absolute Gasteiger partial charge is 0.296 e. The van der Waals surface area contributed by atoms with Gasteiger partial charge in [-0.05, 0) is 59.5 Å². The predicted octanol–water partition coefficient (Wildman–Crippen LogP) is 6.12. The van der Waals surface area contributed by atoms with Crippen molar-refractivity contribution in [3.05, 3.63) is 90.9 Å². The molecule has 13 nitrogen and oxygen atoms in total. The molecular weight excluding hydrogens is 607 g/mol. The third kappa shape index (κ3) is 6.28. The minimum Gasteiger partial charge on any atom is -0.505 e. The van der Waals surface area contributed by atoms with Crippen LogP contribution in [0.3, 0.4) is 0 Å². The van der Waals surface area contributed by atoms with E-state index in [0.717, 1.165) is 6.07 Å². The lowest BCUT2D eigenvalue weighted by Gasteiger charge is -2.11. The second kappa shape index (κ2) is 11.7. The number of hydrogen-bond acceptors (Lipinski definition) is 11. The summed E-state index contributed by atoms with van der Waals surface area (Å²) in [7, 11) is -8.71. The summed E-state index contributed by atoms with van der Waals surface area (Å²) in [5, 5.41) is 27.5. The minimum absolute atomic E-state index is 0.0140. The molecule has 0 aromatic heterocycles. The number of rotatable bonds is 9. The molecule has 42 heavy (non-hydrogen) atoms. The fourth-order valence-electron chi connectivity index (χ4n) is 3.65. The number of benzene rings is 4. The largest absolute Gasteiger partial charge is 0.505 e. The number of nitrogens with two attached hydrogens (primary N) is 1. The van der Waals surface area contributed by atoms with Crippen molar-refractivity contribution in [2.45, 2.75) is 9.79 Å². The number of phenols is 1. The molecule has 0 saturated carbocycles. The van der Waals surface area contributed by atoms with E-state index in [0.29, 0.717) is 16.7 Å². The molecule has 0 heterocycles. The number of aromatic hydroxyl groups is 1. The molecule has 0 fully saturated rings. The second-order valence-electron chi connectivity index (χ2n) is 8.44. The molecule has 0 aliphatic carbocycles. The van der Waals surface area contributed by atoms with E-state index in [1.165, 1.54) is 60.7 Å². The quantitative estimate of drug-likeness (QED) is 0.0551. The minimum atomic E-state index is -4.90. The molecule has 1 atom stereocenters. The average Bonchev–Trinajstić information content (AvgIpc) is 2.95. The van der Waals surface area contributed by atoms with Crippen LogP contribution in [0.15, 0.2) is 109 Å². The number of fused-ring (bicyclic) bond motifs is 1. The van der Waals surface area contributed by atoms with E-state index < -0.39 is 47.4 Å². The molecule has 0 radical (unpaired) electrons. The molecule has 0 bridgehead atoms. The number of anilines is 1. The van der Waals surface area contributed by atoms with E-state index in [1.54, 1.807) is 0 Å². The van der Waals surface area contributed by atoms with Crippen LogP contribution >= 0.6 is 0 Å². The highest BCUT2D eigenvalue weighted by Crippen LogP contribution is 2.46. The number of hydrogen-bond donors (Lipinski definition) is 4. The molecule has 0 spiro atoms.